The van der Waals surface area contributed by atoms with Gasteiger partial charge in [0.05, 0.1) is 30.7 Å². The predicted octanol–water partition coefficient (Wildman–Crippen LogP) is 2.24. The highest BCUT2D eigenvalue weighted by Crippen LogP contribution is 2.30. The molecule has 1 aromatic heterocycles. The zero-order valence-electron chi connectivity index (χ0n) is 9.22. The van der Waals surface area contributed by atoms with Gasteiger partial charge in [0, 0.05) is 0 Å². The van der Waals surface area contributed by atoms with Gasteiger partial charge in [-0.15, -0.1) is 0 Å². The molecule has 0 radical (unpaired) electrons. The second-order valence-corrected chi connectivity index (χ2v) is 3.93. The molecule has 0 aliphatic carbocycles. The highest BCUT2D eigenvalue weighted by atomic mass is 16.3. The molecule has 0 spiro atoms. The number of nitrogens with zero attached hydrogens (tertiary/aromatic N) is 1. The van der Waals surface area contributed by atoms with Gasteiger partial charge >= 0.3 is 0 Å². The fourth-order valence-corrected chi connectivity index (χ4v) is 1.99. The normalized spacial score (nSPS) is 14.4. The molecule has 17 heavy (non-hydrogen) atoms. The van der Waals surface area contributed by atoms with Gasteiger partial charge in [-0.1, -0.05) is 12.1 Å². The summed E-state index contributed by atoms with van der Waals surface area (Å²) in [7, 11) is 0. The van der Waals surface area contributed by atoms with E-state index in [1.165, 1.54) is 0 Å². The van der Waals surface area contributed by atoms with Crippen LogP contribution in [0, 0.1) is 0 Å². The van der Waals surface area contributed by atoms with E-state index >= 15 is 0 Å². The number of hydrogen-bond donors (Lipinski definition) is 1. The summed E-state index contributed by atoms with van der Waals surface area (Å²) in [4.78, 5) is 13.6. The van der Waals surface area contributed by atoms with E-state index in [-0.39, 0.29) is 5.91 Å². The molecule has 1 aromatic carbocycles. The number of anilines is 2. The number of nitrogens with one attached hydrogen (secondary N) is 1. The quantitative estimate of drug-likeness (QED) is 0.857. The van der Waals surface area contributed by atoms with Crippen LogP contribution < -0.4 is 10.2 Å². The number of carbonyl (C=O) groups excluding carboxylic acids is 1. The maximum Gasteiger partial charge on any atom is 0.246 e. The third-order valence-corrected chi connectivity index (χ3v) is 2.82. The largest absolute Gasteiger partial charge is 0.467 e. The van der Waals surface area contributed by atoms with Gasteiger partial charge in [0.25, 0.3) is 0 Å². The molecule has 4 heteroatoms. The van der Waals surface area contributed by atoms with Gasteiger partial charge in [-0.25, -0.2) is 0 Å². The molecule has 1 N–H and O–H groups in total. The number of carbonyl (C=O) groups is 1. The molecule has 2 aromatic rings. The summed E-state index contributed by atoms with van der Waals surface area (Å²) in [5.41, 5.74) is 1.89. The minimum absolute atomic E-state index is 0.0556. The number of fused-ring (bicyclic) bond motifs is 1. The fraction of sp³-hybridized carbons (Fsp3) is 0.154. The van der Waals surface area contributed by atoms with Crippen LogP contribution in [0.1, 0.15) is 5.76 Å². The molecule has 0 fully saturated rings. The lowest BCUT2D eigenvalue weighted by Crippen LogP contribution is -2.39. The third-order valence-electron chi connectivity index (χ3n) is 2.82. The van der Waals surface area contributed by atoms with E-state index in [0.29, 0.717) is 13.1 Å². The number of rotatable bonds is 2. The third kappa shape index (κ3) is 1.78. The van der Waals surface area contributed by atoms with E-state index < -0.39 is 0 Å². The summed E-state index contributed by atoms with van der Waals surface area (Å²) in [6, 6.07) is 11.5. The summed E-state index contributed by atoms with van der Waals surface area (Å²) in [6.45, 7) is 0.808. The molecule has 0 saturated carbocycles. The lowest BCUT2D eigenvalue weighted by molar-refractivity contribution is -0.117. The molecular weight excluding hydrogens is 216 g/mol. The van der Waals surface area contributed by atoms with Crippen LogP contribution in [0.2, 0.25) is 0 Å². The zero-order chi connectivity index (χ0) is 11.7. The van der Waals surface area contributed by atoms with Crippen molar-refractivity contribution in [3.63, 3.8) is 0 Å². The average molecular weight is 228 g/mol. The number of hydrogen-bond acceptors (Lipinski definition) is 3. The number of benzene rings is 1. The first-order valence-corrected chi connectivity index (χ1v) is 5.50. The van der Waals surface area contributed by atoms with Crippen LogP contribution in [-0.4, -0.2) is 12.5 Å². The number of para-hydroxylation sites is 2. The van der Waals surface area contributed by atoms with Crippen molar-refractivity contribution in [2.24, 2.45) is 0 Å². The first kappa shape index (κ1) is 9.96. The zero-order valence-corrected chi connectivity index (χ0v) is 9.22. The second kappa shape index (κ2) is 3.97. The Bertz CT molecular complexity index is 534. The maximum absolute atomic E-state index is 11.9. The van der Waals surface area contributed by atoms with Crippen molar-refractivity contribution in [1.82, 2.24) is 0 Å². The van der Waals surface area contributed by atoms with Crippen LogP contribution in [0.5, 0.6) is 0 Å². The Morgan fingerprint density at radius 3 is 2.94 bits per heavy atom. The topological polar surface area (TPSA) is 45.5 Å². The SMILES string of the molecule is O=C1CNc2ccccc2N1Cc1ccco1. The van der Waals surface area contributed by atoms with Gasteiger partial charge in [0.15, 0.2) is 0 Å². The molecule has 4 nitrogen and oxygen atoms in total. The number of furan rings is 1. The van der Waals surface area contributed by atoms with E-state index in [4.69, 9.17) is 4.42 Å². The van der Waals surface area contributed by atoms with E-state index in [9.17, 15) is 4.79 Å². The van der Waals surface area contributed by atoms with Gasteiger partial charge in [0.1, 0.15) is 5.76 Å². The summed E-state index contributed by atoms with van der Waals surface area (Å²) in [5.74, 6) is 0.843. The van der Waals surface area contributed by atoms with Crippen molar-refractivity contribution in [1.29, 1.82) is 0 Å². The van der Waals surface area contributed by atoms with Gasteiger partial charge in [0.2, 0.25) is 5.91 Å². The molecule has 0 bridgehead atoms. The smallest absolute Gasteiger partial charge is 0.246 e. The first-order valence-electron chi connectivity index (χ1n) is 5.50. The molecule has 3 rings (SSSR count). The Kier molecular flexibility index (Phi) is 2.33. The van der Waals surface area contributed by atoms with Gasteiger partial charge in [-0.2, -0.15) is 0 Å². The van der Waals surface area contributed by atoms with Crippen molar-refractivity contribution < 1.29 is 9.21 Å². The van der Waals surface area contributed by atoms with Crippen LogP contribution in [0.25, 0.3) is 0 Å². The molecule has 2 heterocycles. The molecule has 0 saturated heterocycles. The maximum atomic E-state index is 11.9. The highest BCUT2D eigenvalue weighted by molar-refractivity contribution is 6.02. The van der Waals surface area contributed by atoms with E-state index in [1.807, 2.05) is 36.4 Å². The average Bonchev–Trinajstić information content (AvgIpc) is 2.86. The van der Waals surface area contributed by atoms with Crippen molar-refractivity contribution in [2.45, 2.75) is 6.54 Å². The summed E-state index contributed by atoms with van der Waals surface area (Å²) >= 11 is 0. The molecule has 1 amide bonds. The van der Waals surface area contributed by atoms with Crippen LogP contribution >= 0.6 is 0 Å². The van der Waals surface area contributed by atoms with Crippen LogP contribution in [0.4, 0.5) is 11.4 Å². The van der Waals surface area contributed by atoms with E-state index in [0.717, 1.165) is 17.1 Å². The molecular formula is C13H12N2O2. The predicted molar refractivity (Wildman–Crippen MR) is 64.8 cm³/mol. The Morgan fingerprint density at radius 1 is 1.24 bits per heavy atom. The molecule has 1 aliphatic heterocycles. The second-order valence-electron chi connectivity index (χ2n) is 3.93. The van der Waals surface area contributed by atoms with Gasteiger partial charge in [-0.05, 0) is 24.3 Å². The molecule has 0 unspecified atom stereocenters. The molecule has 0 atom stereocenters. The monoisotopic (exact) mass is 228 g/mol. The van der Waals surface area contributed by atoms with E-state index in [2.05, 4.69) is 5.32 Å². The Hall–Kier alpha value is -2.23. The van der Waals surface area contributed by atoms with Gasteiger partial charge < -0.3 is 14.6 Å². The highest BCUT2D eigenvalue weighted by Gasteiger charge is 2.23. The Morgan fingerprint density at radius 2 is 2.12 bits per heavy atom. The van der Waals surface area contributed by atoms with Crippen molar-refractivity contribution in [3.05, 3.63) is 48.4 Å². The van der Waals surface area contributed by atoms with Crippen molar-refractivity contribution in [3.8, 4) is 0 Å². The minimum atomic E-state index is 0.0556. The summed E-state index contributed by atoms with van der Waals surface area (Å²) in [5, 5.41) is 3.10. The van der Waals surface area contributed by atoms with Crippen molar-refractivity contribution >= 4 is 17.3 Å². The molecule has 86 valence electrons. The summed E-state index contributed by atoms with van der Waals surface area (Å²) < 4.78 is 5.29. The van der Waals surface area contributed by atoms with Crippen LogP contribution in [-0.2, 0) is 11.3 Å². The standard InChI is InChI=1S/C13H12N2O2/c16-13-8-14-11-5-1-2-6-12(11)15(13)9-10-4-3-7-17-10/h1-7,14H,8-9H2. The van der Waals surface area contributed by atoms with Crippen LogP contribution in [0.3, 0.4) is 0 Å². The van der Waals surface area contributed by atoms with Crippen molar-refractivity contribution in [2.75, 3.05) is 16.8 Å². The minimum Gasteiger partial charge on any atom is -0.467 e. The fourth-order valence-electron chi connectivity index (χ4n) is 1.99. The number of amides is 1. The summed E-state index contributed by atoms with van der Waals surface area (Å²) in [6.07, 6.45) is 1.62. The lowest BCUT2D eigenvalue weighted by Gasteiger charge is -2.29. The Balaban J connectivity index is 1.95. The van der Waals surface area contributed by atoms with Gasteiger partial charge in [-0.3, -0.25) is 4.79 Å². The first-order chi connectivity index (χ1) is 8.34. The van der Waals surface area contributed by atoms with E-state index in [1.54, 1.807) is 11.2 Å². The molecule has 1 aliphatic rings. The Labute approximate surface area is 98.8 Å². The van der Waals surface area contributed by atoms with Crippen LogP contribution in [0.15, 0.2) is 47.1 Å². The lowest BCUT2D eigenvalue weighted by atomic mass is 10.2.